The van der Waals surface area contributed by atoms with Gasteiger partial charge in [0.15, 0.2) is 0 Å². The predicted molar refractivity (Wildman–Crippen MR) is 109 cm³/mol. The van der Waals surface area contributed by atoms with Gasteiger partial charge in [0.2, 0.25) is 0 Å². The van der Waals surface area contributed by atoms with E-state index < -0.39 is 0 Å². The normalized spacial score (nSPS) is 12.3. The van der Waals surface area contributed by atoms with Gasteiger partial charge < -0.3 is 4.74 Å². The Morgan fingerprint density at radius 2 is 1.26 bits per heavy atom. The van der Waals surface area contributed by atoms with E-state index in [0.29, 0.717) is 13.0 Å². The van der Waals surface area contributed by atoms with Gasteiger partial charge in [-0.3, -0.25) is 4.79 Å². The van der Waals surface area contributed by atoms with Gasteiger partial charge in [0.05, 0.1) is 6.61 Å². The van der Waals surface area contributed by atoms with Crippen LogP contribution < -0.4 is 0 Å². The highest BCUT2D eigenvalue weighted by Gasteiger charge is 2.04. The molecule has 0 saturated carbocycles. The molecule has 0 aliphatic rings. The molecule has 0 saturated heterocycles. The van der Waals surface area contributed by atoms with E-state index in [2.05, 4.69) is 29.5 Å². The first-order chi connectivity index (χ1) is 11.2. The summed E-state index contributed by atoms with van der Waals surface area (Å²) in [6, 6.07) is 0. The van der Waals surface area contributed by atoms with Crippen molar-refractivity contribution in [1.29, 1.82) is 0 Å². The van der Waals surface area contributed by atoms with Crippen LogP contribution in [-0.2, 0) is 9.53 Å². The summed E-state index contributed by atoms with van der Waals surface area (Å²) in [6.07, 6.45) is 19.4. The first-order valence-corrected chi connectivity index (χ1v) is 11.2. The Bertz CT molecular complexity index is 256. The van der Waals surface area contributed by atoms with E-state index in [4.69, 9.17) is 4.74 Å². The fourth-order valence-electron chi connectivity index (χ4n) is 2.87. The highest BCUT2D eigenvalue weighted by atomic mass is 127. The predicted octanol–water partition coefficient (Wildman–Crippen LogP) is 7.22. The van der Waals surface area contributed by atoms with Gasteiger partial charge >= 0.3 is 5.97 Å². The Balaban J connectivity index is 3.21. The monoisotopic (exact) mass is 438 g/mol. The zero-order valence-corrected chi connectivity index (χ0v) is 17.7. The molecule has 0 aromatic rings. The molecule has 0 N–H and O–H groups in total. The number of halogens is 1. The van der Waals surface area contributed by atoms with Crippen LogP contribution >= 0.6 is 22.6 Å². The molecule has 3 heteroatoms. The Labute approximate surface area is 158 Å². The quantitative estimate of drug-likeness (QED) is 0.104. The molecule has 138 valence electrons. The van der Waals surface area contributed by atoms with Crippen LogP contribution in [0.15, 0.2) is 0 Å². The molecular formula is C20H39IO2. The summed E-state index contributed by atoms with van der Waals surface area (Å²) in [7, 11) is 0. The third-order valence-corrected chi connectivity index (χ3v) is 5.57. The molecule has 0 bridgehead atoms. The van der Waals surface area contributed by atoms with Gasteiger partial charge in [-0.25, -0.2) is 0 Å². The number of carbonyl (C=O) groups excluding carboxylic acids is 1. The topological polar surface area (TPSA) is 26.3 Å². The van der Waals surface area contributed by atoms with Gasteiger partial charge in [-0.1, -0.05) is 100 Å². The van der Waals surface area contributed by atoms with Crippen LogP contribution in [0.3, 0.4) is 0 Å². The van der Waals surface area contributed by atoms with Crippen LogP contribution in [0.2, 0.25) is 0 Å². The van der Waals surface area contributed by atoms with Crippen LogP contribution in [0.4, 0.5) is 0 Å². The number of hydrogen-bond acceptors (Lipinski definition) is 2. The highest BCUT2D eigenvalue weighted by molar-refractivity contribution is 14.1. The van der Waals surface area contributed by atoms with Crippen LogP contribution in [0.1, 0.15) is 110 Å². The first-order valence-electron chi connectivity index (χ1n) is 10.00. The summed E-state index contributed by atoms with van der Waals surface area (Å²) in [5.41, 5.74) is 0. The summed E-state index contributed by atoms with van der Waals surface area (Å²) >= 11 is 2.64. The van der Waals surface area contributed by atoms with Crippen molar-refractivity contribution in [3.05, 3.63) is 0 Å². The minimum absolute atomic E-state index is 0.0329. The van der Waals surface area contributed by atoms with E-state index in [1.165, 1.54) is 83.5 Å². The average Bonchev–Trinajstić information content (AvgIpc) is 2.53. The van der Waals surface area contributed by atoms with Gasteiger partial charge in [-0.15, -0.1) is 0 Å². The standard InChI is InChI=1S/C20H39IO2/c1-3-5-6-7-8-10-13-16-19(21)17-14-11-9-12-15-18-20(22)23-4-2/h19H,3-18H2,1-2H3. The second-order valence-corrected chi connectivity index (χ2v) is 8.38. The lowest BCUT2D eigenvalue weighted by Gasteiger charge is -2.09. The summed E-state index contributed by atoms with van der Waals surface area (Å²) in [6.45, 7) is 4.65. The summed E-state index contributed by atoms with van der Waals surface area (Å²) < 4.78 is 5.80. The average molecular weight is 438 g/mol. The minimum Gasteiger partial charge on any atom is -0.466 e. The van der Waals surface area contributed by atoms with Crippen molar-refractivity contribution < 1.29 is 9.53 Å². The molecule has 0 aliphatic heterocycles. The van der Waals surface area contributed by atoms with Gasteiger partial charge in [0.1, 0.15) is 0 Å². The van der Waals surface area contributed by atoms with Crippen molar-refractivity contribution in [3.8, 4) is 0 Å². The molecule has 0 aromatic carbocycles. The third-order valence-electron chi connectivity index (χ3n) is 4.32. The molecule has 0 heterocycles. The van der Waals surface area contributed by atoms with E-state index >= 15 is 0 Å². The lowest BCUT2D eigenvalue weighted by molar-refractivity contribution is -0.143. The second-order valence-electron chi connectivity index (χ2n) is 6.62. The Morgan fingerprint density at radius 3 is 1.78 bits per heavy atom. The van der Waals surface area contributed by atoms with E-state index in [-0.39, 0.29) is 5.97 Å². The molecule has 0 radical (unpaired) electrons. The van der Waals surface area contributed by atoms with Crippen molar-refractivity contribution in [1.82, 2.24) is 0 Å². The molecule has 0 spiro atoms. The maximum atomic E-state index is 11.2. The Kier molecular flexibility index (Phi) is 18.7. The molecule has 0 fully saturated rings. The van der Waals surface area contributed by atoms with Gasteiger partial charge in [0.25, 0.3) is 0 Å². The van der Waals surface area contributed by atoms with Crippen LogP contribution in [0.25, 0.3) is 0 Å². The molecule has 0 aliphatic carbocycles. The zero-order valence-electron chi connectivity index (χ0n) is 15.6. The maximum Gasteiger partial charge on any atom is 0.305 e. The second kappa shape index (κ2) is 18.5. The lowest BCUT2D eigenvalue weighted by Crippen LogP contribution is -2.03. The van der Waals surface area contributed by atoms with Crippen LogP contribution in [-0.4, -0.2) is 16.5 Å². The van der Waals surface area contributed by atoms with Gasteiger partial charge in [-0.05, 0) is 26.2 Å². The Hall–Kier alpha value is 0.200. The van der Waals surface area contributed by atoms with E-state index in [0.717, 1.165) is 10.3 Å². The molecule has 0 rings (SSSR count). The van der Waals surface area contributed by atoms with Crippen LogP contribution in [0.5, 0.6) is 0 Å². The smallest absolute Gasteiger partial charge is 0.305 e. The van der Waals surface area contributed by atoms with Crippen molar-refractivity contribution >= 4 is 28.6 Å². The van der Waals surface area contributed by atoms with Crippen molar-refractivity contribution in [2.24, 2.45) is 0 Å². The van der Waals surface area contributed by atoms with E-state index in [1.807, 2.05) is 6.92 Å². The largest absolute Gasteiger partial charge is 0.466 e. The SMILES string of the molecule is CCCCCCCCCC(I)CCCCCCCC(=O)OCC. The lowest BCUT2D eigenvalue weighted by atomic mass is 10.0. The number of unbranched alkanes of at least 4 members (excludes halogenated alkanes) is 10. The van der Waals surface area contributed by atoms with Crippen LogP contribution in [0, 0.1) is 0 Å². The molecule has 23 heavy (non-hydrogen) atoms. The number of hydrogen-bond donors (Lipinski definition) is 0. The third kappa shape index (κ3) is 18.4. The number of alkyl halides is 1. The molecule has 1 unspecified atom stereocenters. The Morgan fingerprint density at radius 1 is 0.783 bits per heavy atom. The summed E-state index contributed by atoms with van der Waals surface area (Å²) in [5, 5.41) is 0. The fourth-order valence-corrected chi connectivity index (χ4v) is 3.75. The molecule has 2 nitrogen and oxygen atoms in total. The molecule has 0 amide bonds. The van der Waals surface area contributed by atoms with E-state index in [1.54, 1.807) is 0 Å². The summed E-state index contributed by atoms with van der Waals surface area (Å²) in [4.78, 5) is 11.2. The highest BCUT2D eigenvalue weighted by Crippen LogP contribution is 2.20. The number of carbonyl (C=O) groups is 1. The van der Waals surface area contributed by atoms with Gasteiger partial charge in [0, 0.05) is 10.3 Å². The fraction of sp³-hybridized carbons (Fsp3) is 0.950. The first kappa shape index (κ1) is 23.2. The molecular weight excluding hydrogens is 399 g/mol. The summed E-state index contributed by atoms with van der Waals surface area (Å²) in [5.74, 6) is -0.0329. The molecule has 0 aromatic heterocycles. The zero-order chi connectivity index (χ0) is 17.2. The maximum absolute atomic E-state index is 11.2. The number of ether oxygens (including phenoxy) is 1. The van der Waals surface area contributed by atoms with Gasteiger partial charge in [-0.2, -0.15) is 0 Å². The van der Waals surface area contributed by atoms with Crippen molar-refractivity contribution in [2.75, 3.05) is 6.61 Å². The molecule has 1 atom stereocenters. The number of esters is 1. The van der Waals surface area contributed by atoms with E-state index in [9.17, 15) is 4.79 Å². The van der Waals surface area contributed by atoms with Crippen molar-refractivity contribution in [3.63, 3.8) is 0 Å². The minimum atomic E-state index is -0.0329. The number of rotatable bonds is 17. The van der Waals surface area contributed by atoms with Crippen molar-refractivity contribution in [2.45, 2.75) is 114 Å².